The Bertz CT molecular complexity index is 627. The van der Waals surface area contributed by atoms with Crippen LogP contribution in [0, 0.1) is 46.3 Å². The Balaban J connectivity index is 1.54. The Hall–Kier alpha value is -0.200. The van der Waals surface area contributed by atoms with E-state index in [1.807, 2.05) is 0 Å². The molecule has 0 spiro atoms. The van der Waals surface area contributed by atoms with Crippen LogP contribution in [0.2, 0.25) is 0 Å². The van der Waals surface area contributed by atoms with E-state index in [0.29, 0.717) is 42.4 Å². The minimum Gasteiger partial charge on any atom is -0.396 e. The minimum absolute atomic E-state index is 0.0230. The number of aliphatic hydroxyl groups is 5. The van der Waals surface area contributed by atoms with Crippen LogP contribution in [0.15, 0.2) is 0 Å². The molecule has 180 valence electrons. The summed E-state index contributed by atoms with van der Waals surface area (Å²) in [5, 5.41) is 52.3. The van der Waals surface area contributed by atoms with E-state index in [9.17, 15) is 20.4 Å². The SMILES string of the molecule is C[C@H](CC[C@@H](O)CCO)[C@H]1CC[C@H]2[C@@H]3[C@H](O)C[C@H]4C[C@H](O)CC[C@]4(C)[C@H]3C[C@H](O)[C@]12C. The normalized spacial score (nSPS) is 51.5. The molecule has 0 radical (unpaired) electrons. The highest BCUT2D eigenvalue weighted by atomic mass is 16.3. The predicted octanol–water partition coefficient (Wildman–Crippen LogP) is 3.11. The van der Waals surface area contributed by atoms with Gasteiger partial charge >= 0.3 is 0 Å². The van der Waals surface area contributed by atoms with Gasteiger partial charge in [-0.05, 0) is 111 Å². The summed E-state index contributed by atoms with van der Waals surface area (Å²) in [4.78, 5) is 0. The van der Waals surface area contributed by atoms with Crippen molar-refractivity contribution in [3.8, 4) is 0 Å². The average Bonchev–Trinajstić information content (AvgIpc) is 3.07. The van der Waals surface area contributed by atoms with Gasteiger partial charge in [0.25, 0.3) is 0 Å². The maximum Gasteiger partial charge on any atom is 0.0602 e. The molecule has 4 aliphatic carbocycles. The van der Waals surface area contributed by atoms with E-state index in [4.69, 9.17) is 5.11 Å². The Kier molecular flexibility index (Phi) is 6.85. The summed E-state index contributed by atoms with van der Waals surface area (Å²) in [7, 11) is 0. The van der Waals surface area contributed by atoms with Gasteiger partial charge in [-0.3, -0.25) is 0 Å². The second-order valence-corrected chi connectivity index (χ2v) is 12.2. The second-order valence-electron chi connectivity index (χ2n) is 12.2. The van der Waals surface area contributed by atoms with Crippen LogP contribution >= 0.6 is 0 Å². The monoisotopic (exact) mass is 438 g/mol. The third-order valence-electron chi connectivity index (χ3n) is 10.9. The summed E-state index contributed by atoms with van der Waals surface area (Å²) in [6.07, 6.45) is 7.06. The molecule has 0 unspecified atom stereocenters. The fourth-order valence-corrected chi connectivity index (χ4v) is 9.08. The zero-order valence-electron chi connectivity index (χ0n) is 19.8. The van der Waals surface area contributed by atoms with Crippen LogP contribution in [0.4, 0.5) is 0 Å². The molecule has 12 atom stereocenters. The third kappa shape index (κ3) is 3.90. The highest BCUT2D eigenvalue weighted by Crippen LogP contribution is 2.68. The first-order valence-corrected chi connectivity index (χ1v) is 13.0. The fourth-order valence-electron chi connectivity index (χ4n) is 9.08. The number of fused-ring (bicyclic) bond motifs is 5. The maximum atomic E-state index is 11.6. The van der Waals surface area contributed by atoms with Crippen LogP contribution in [0.25, 0.3) is 0 Å². The average molecular weight is 439 g/mol. The van der Waals surface area contributed by atoms with Crippen LogP contribution in [-0.2, 0) is 0 Å². The molecule has 4 rings (SSSR count). The van der Waals surface area contributed by atoms with Crippen molar-refractivity contribution in [2.45, 2.75) is 109 Å². The van der Waals surface area contributed by atoms with E-state index in [1.165, 1.54) is 0 Å². The van der Waals surface area contributed by atoms with Crippen LogP contribution in [0.3, 0.4) is 0 Å². The van der Waals surface area contributed by atoms with Gasteiger partial charge in [0.05, 0.1) is 24.4 Å². The molecule has 0 aromatic carbocycles. The van der Waals surface area contributed by atoms with Gasteiger partial charge in [-0.2, -0.15) is 0 Å². The first-order valence-electron chi connectivity index (χ1n) is 13.0. The fraction of sp³-hybridized carbons (Fsp3) is 1.00. The van der Waals surface area contributed by atoms with Crippen molar-refractivity contribution in [2.24, 2.45) is 46.3 Å². The van der Waals surface area contributed by atoms with Gasteiger partial charge in [0.2, 0.25) is 0 Å². The molecule has 5 heteroatoms. The molecule has 0 bridgehead atoms. The highest BCUT2D eigenvalue weighted by Gasteiger charge is 2.65. The van der Waals surface area contributed by atoms with Gasteiger partial charge in [0, 0.05) is 6.61 Å². The lowest BCUT2D eigenvalue weighted by molar-refractivity contribution is -0.207. The van der Waals surface area contributed by atoms with Gasteiger partial charge in [-0.15, -0.1) is 0 Å². The zero-order valence-corrected chi connectivity index (χ0v) is 19.8. The third-order valence-corrected chi connectivity index (χ3v) is 10.9. The van der Waals surface area contributed by atoms with Gasteiger partial charge in [-0.1, -0.05) is 20.8 Å². The molecule has 4 saturated carbocycles. The molecule has 0 heterocycles. The summed E-state index contributed by atoms with van der Waals surface area (Å²) in [5.41, 5.74) is -0.0651. The van der Waals surface area contributed by atoms with Crippen molar-refractivity contribution >= 4 is 0 Å². The molecular formula is C26H46O5. The van der Waals surface area contributed by atoms with E-state index >= 15 is 0 Å². The summed E-state index contributed by atoms with van der Waals surface area (Å²) in [5.74, 6) is 2.09. The molecule has 4 fully saturated rings. The van der Waals surface area contributed by atoms with Crippen LogP contribution in [-0.4, -0.2) is 56.6 Å². The quantitative estimate of drug-likeness (QED) is 0.439. The number of hydrogen-bond acceptors (Lipinski definition) is 5. The smallest absolute Gasteiger partial charge is 0.0602 e. The number of hydrogen-bond donors (Lipinski definition) is 5. The number of aliphatic hydroxyl groups excluding tert-OH is 5. The Morgan fingerprint density at radius 3 is 2.35 bits per heavy atom. The van der Waals surface area contributed by atoms with E-state index < -0.39 is 6.10 Å². The van der Waals surface area contributed by atoms with Gasteiger partial charge < -0.3 is 25.5 Å². The Morgan fingerprint density at radius 1 is 0.903 bits per heavy atom. The molecule has 0 saturated heterocycles. The Morgan fingerprint density at radius 2 is 1.65 bits per heavy atom. The molecule has 0 amide bonds. The van der Waals surface area contributed by atoms with Crippen molar-refractivity contribution in [3.63, 3.8) is 0 Å². The lowest BCUT2D eigenvalue weighted by Gasteiger charge is -2.63. The lowest BCUT2D eigenvalue weighted by Crippen LogP contribution is -2.62. The number of rotatable bonds is 6. The van der Waals surface area contributed by atoms with Crippen molar-refractivity contribution in [3.05, 3.63) is 0 Å². The maximum absolute atomic E-state index is 11.6. The van der Waals surface area contributed by atoms with Crippen LogP contribution in [0.5, 0.6) is 0 Å². The molecule has 4 aliphatic rings. The van der Waals surface area contributed by atoms with Gasteiger partial charge in [-0.25, -0.2) is 0 Å². The largest absolute Gasteiger partial charge is 0.396 e. The highest BCUT2D eigenvalue weighted by molar-refractivity contribution is 5.14. The van der Waals surface area contributed by atoms with E-state index in [2.05, 4.69) is 20.8 Å². The van der Waals surface area contributed by atoms with E-state index in [1.54, 1.807) is 0 Å². The first kappa shape index (κ1) is 23.9. The van der Waals surface area contributed by atoms with Gasteiger partial charge in [0.15, 0.2) is 0 Å². The van der Waals surface area contributed by atoms with Crippen LogP contribution < -0.4 is 0 Å². The first-order chi connectivity index (χ1) is 14.6. The Labute approximate surface area is 188 Å². The molecule has 0 aromatic heterocycles. The van der Waals surface area contributed by atoms with Crippen molar-refractivity contribution in [2.75, 3.05) is 6.61 Å². The molecule has 5 nitrogen and oxygen atoms in total. The minimum atomic E-state index is -0.447. The standard InChI is InChI=1S/C26H46O5/c1-15(4-5-17(28)9-11-27)19-6-7-20-24-21(14-23(31)26(19,20)3)25(2)10-8-18(29)12-16(25)13-22(24)30/h15-24,27-31H,4-14H2,1-3H3/t15-,16-,17-,18-,19-,20+,21+,22-,23+,24+,25+,26-/m1/s1. The topological polar surface area (TPSA) is 101 Å². The summed E-state index contributed by atoms with van der Waals surface area (Å²) < 4.78 is 0. The second kappa shape index (κ2) is 8.87. The van der Waals surface area contributed by atoms with Crippen molar-refractivity contribution in [1.29, 1.82) is 0 Å². The van der Waals surface area contributed by atoms with Crippen molar-refractivity contribution in [1.82, 2.24) is 0 Å². The van der Waals surface area contributed by atoms with Gasteiger partial charge in [0.1, 0.15) is 0 Å². The van der Waals surface area contributed by atoms with E-state index in [-0.39, 0.29) is 41.7 Å². The zero-order chi connectivity index (χ0) is 22.6. The lowest BCUT2D eigenvalue weighted by atomic mass is 9.43. The molecule has 0 aliphatic heterocycles. The molecule has 0 aromatic rings. The summed E-state index contributed by atoms with van der Waals surface area (Å²) in [6.45, 7) is 6.94. The predicted molar refractivity (Wildman–Crippen MR) is 120 cm³/mol. The van der Waals surface area contributed by atoms with Crippen molar-refractivity contribution < 1.29 is 25.5 Å². The summed E-state index contributed by atoms with van der Waals surface area (Å²) in [6, 6.07) is 0. The molecular weight excluding hydrogens is 392 g/mol. The van der Waals surface area contributed by atoms with Crippen LogP contribution in [0.1, 0.15) is 85.0 Å². The summed E-state index contributed by atoms with van der Waals surface area (Å²) >= 11 is 0. The molecule has 31 heavy (non-hydrogen) atoms. The van der Waals surface area contributed by atoms with E-state index in [0.717, 1.165) is 51.4 Å². The molecule has 5 N–H and O–H groups in total.